The summed E-state index contributed by atoms with van der Waals surface area (Å²) >= 11 is 1.58. The second-order valence-electron chi connectivity index (χ2n) is 5.67. The quantitative estimate of drug-likeness (QED) is 0.906. The molecule has 1 aliphatic rings. The third-order valence-electron chi connectivity index (χ3n) is 4.30. The standard InChI is InChI=1S/C14H19N3O3S2/c1-10-15-14(7-16(10)2)22(19,20)17-5-12(8-18)13(6-17)11-3-4-21-9-11/h3-4,7,9,12-13,18H,5-6,8H2,1-2H3. The van der Waals surface area contributed by atoms with Gasteiger partial charge in [-0.1, -0.05) is 0 Å². The highest BCUT2D eigenvalue weighted by atomic mass is 32.2. The first-order valence-electron chi connectivity index (χ1n) is 7.06. The molecule has 3 rings (SSSR count). The number of sulfonamides is 1. The predicted molar refractivity (Wildman–Crippen MR) is 84.3 cm³/mol. The van der Waals surface area contributed by atoms with Crippen LogP contribution in [0.25, 0.3) is 0 Å². The Balaban J connectivity index is 1.89. The number of aromatic nitrogens is 2. The van der Waals surface area contributed by atoms with Crippen molar-refractivity contribution in [3.05, 3.63) is 34.4 Å². The first kappa shape index (κ1) is 15.7. The highest BCUT2D eigenvalue weighted by molar-refractivity contribution is 7.89. The molecule has 8 heteroatoms. The van der Waals surface area contributed by atoms with E-state index in [0.717, 1.165) is 5.56 Å². The van der Waals surface area contributed by atoms with Gasteiger partial charge in [0.1, 0.15) is 5.82 Å². The molecule has 2 atom stereocenters. The van der Waals surface area contributed by atoms with E-state index in [0.29, 0.717) is 18.9 Å². The van der Waals surface area contributed by atoms with Crippen molar-refractivity contribution in [2.75, 3.05) is 19.7 Å². The summed E-state index contributed by atoms with van der Waals surface area (Å²) in [7, 11) is -1.84. The molecular formula is C14H19N3O3S2. The van der Waals surface area contributed by atoms with Gasteiger partial charge in [0.25, 0.3) is 10.0 Å². The highest BCUT2D eigenvalue weighted by Crippen LogP contribution is 2.36. The van der Waals surface area contributed by atoms with Crippen LogP contribution in [0, 0.1) is 12.8 Å². The second-order valence-corrected chi connectivity index (χ2v) is 8.33. The van der Waals surface area contributed by atoms with Crippen molar-refractivity contribution in [2.45, 2.75) is 17.9 Å². The van der Waals surface area contributed by atoms with Crippen LogP contribution >= 0.6 is 11.3 Å². The van der Waals surface area contributed by atoms with Crippen LogP contribution in [0.2, 0.25) is 0 Å². The molecule has 0 saturated carbocycles. The lowest BCUT2D eigenvalue weighted by molar-refractivity contribution is 0.223. The van der Waals surface area contributed by atoms with Gasteiger partial charge in [0.2, 0.25) is 0 Å². The average molecular weight is 341 g/mol. The summed E-state index contributed by atoms with van der Waals surface area (Å²) in [4.78, 5) is 4.14. The summed E-state index contributed by atoms with van der Waals surface area (Å²) in [6, 6.07) is 2.00. The number of aliphatic hydroxyl groups is 1. The average Bonchev–Trinajstić information content (AvgIpc) is 3.18. The van der Waals surface area contributed by atoms with Gasteiger partial charge in [-0.25, -0.2) is 13.4 Å². The molecule has 2 aromatic heterocycles. The molecule has 1 aliphatic heterocycles. The molecule has 1 fully saturated rings. The molecule has 3 heterocycles. The summed E-state index contributed by atoms with van der Waals surface area (Å²) in [5, 5.41) is 13.7. The molecule has 0 aliphatic carbocycles. The fraction of sp³-hybridized carbons (Fsp3) is 0.500. The van der Waals surface area contributed by atoms with Crippen LogP contribution < -0.4 is 0 Å². The van der Waals surface area contributed by atoms with Crippen molar-refractivity contribution in [2.24, 2.45) is 13.0 Å². The van der Waals surface area contributed by atoms with Crippen molar-refractivity contribution < 1.29 is 13.5 Å². The van der Waals surface area contributed by atoms with Gasteiger partial charge >= 0.3 is 0 Å². The lowest BCUT2D eigenvalue weighted by Crippen LogP contribution is -2.29. The van der Waals surface area contributed by atoms with Crippen molar-refractivity contribution in [1.82, 2.24) is 13.9 Å². The second kappa shape index (κ2) is 5.77. The van der Waals surface area contributed by atoms with E-state index in [-0.39, 0.29) is 23.5 Å². The Morgan fingerprint density at radius 3 is 2.77 bits per heavy atom. The maximum Gasteiger partial charge on any atom is 0.262 e. The highest BCUT2D eigenvalue weighted by Gasteiger charge is 2.40. The van der Waals surface area contributed by atoms with Crippen molar-refractivity contribution in [3.63, 3.8) is 0 Å². The van der Waals surface area contributed by atoms with Gasteiger partial charge in [-0.3, -0.25) is 0 Å². The van der Waals surface area contributed by atoms with Crippen LogP contribution in [0.1, 0.15) is 17.3 Å². The van der Waals surface area contributed by atoms with Crippen LogP contribution in [0.3, 0.4) is 0 Å². The van der Waals surface area contributed by atoms with Gasteiger partial charge in [0, 0.05) is 44.8 Å². The third-order valence-corrected chi connectivity index (χ3v) is 6.71. The number of thiophene rings is 1. The molecule has 1 saturated heterocycles. The van der Waals surface area contributed by atoms with Gasteiger partial charge in [-0.15, -0.1) is 0 Å². The molecular weight excluding hydrogens is 322 g/mol. The van der Waals surface area contributed by atoms with Crippen LogP contribution in [0.15, 0.2) is 28.0 Å². The summed E-state index contributed by atoms with van der Waals surface area (Å²) < 4.78 is 28.6. The van der Waals surface area contributed by atoms with E-state index in [9.17, 15) is 13.5 Å². The summed E-state index contributed by atoms with van der Waals surface area (Å²) in [5.41, 5.74) is 1.10. The molecule has 0 bridgehead atoms. The molecule has 2 aromatic rings. The maximum atomic E-state index is 12.7. The molecule has 1 N–H and O–H groups in total. The number of rotatable bonds is 4. The zero-order chi connectivity index (χ0) is 15.9. The van der Waals surface area contributed by atoms with Gasteiger partial charge in [0.15, 0.2) is 5.03 Å². The molecule has 6 nitrogen and oxygen atoms in total. The predicted octanol–water partition coefficient (Wildman–Crippen LogP) is 1.19. The summed E-state index contributed by atoms with van der Waals surface area (Å²) in [5.74, 6) is 0.621. The monoisotopic (exact) mass is 341 g/mol. The van der Waals surface area contributed by atoms with Gasteiger partial charge in [-0.2, -0.15) is 15.6 Å². The Morgan fingerprint density at radius 2 is 2.23 bits per heavy atom. The number of aliphatic hydroxyl groups excluding tert-OH is 1. The number of nitrogens with zero attached hydrogens (tertiary/aromatic N) is 3. The topological polar surface area (TPSA) is 75.4 Å². The van der Waals surface area contributed by atoms with Crippen molar-refractivity contribution >= 4 is 21.4 Å². The van der Waals surface area contributed by atoms with E-state index in [4.69, 9.17) is 0 Å². The van der Waals surface area contributed by atoms with E-state index in [2.05, 4.69) is 4.98 Å². The number of hydrogen-bond donors (Lipinski definition) is 1. The minimum absolute atomic E-state index is 0.0201. The number of imidazole rings is 1. The number of hydrogen-bond acceptors (Lipinski definition) is 5. The van der Waals surface area contributed by atoms with Crippen LogP contribution in [0.5, 0.6) is 0 Å². The summed E-state index contributed by atoms with van der Waals surface area (Å²) in [6.45, 7) is 2.47. The first-order chi connectivity index (χ1) is 10.4. The fourth-order valence-electron chi connectivity index (χ4n) is 2.86. The fourth-order valence-corrected chi connectivity index (χ4v) is 5.13. The van der Waals surface area contributed by atoms with Gasteiger partial charge in [-0.05, 0) is 29.3 Å². The SMILES string of the molecule is Cc1nc(S(=O)(=O)N2CC(CO)C(c3ccsc3)C2)cn1C. The van der Waals surface area contributed by atoms with E-state index < -0.39 is 10.0 Å². The molecule has 120 valence electrons. The zero-order valence-electron chi connectivity index (χ0n) is 12.5. The Kier molecular flexibility index (Phi) is 4.11. The van der Waals surface area contributed by atoms with E-state index in [1.54, 1.807) is 29.9 Å². The maximum absolute atomic E-state index is 12.7. The molecule has 0 radical (unpaired) electrons. The van der Waals surface area contributed by atoms with Crippen LogP contribution in [0.4, 0.5) is 0 Å². The molecule has 0 aromatic carbocycles. The van der Waals surface area contributed by atoms with Crippen LogP contribution in [-0.2, 0) is 17.1 Å². The Hall–Kier alpha value is -1.22. The van der Waals surface area contributed by atoms with Gasteiger partial charge in [0.05, 0.1) is 0 Å². The zero-order valence-corrected chi connectivity index (χ0v) is 14.1. The van der Waals surface area contributed by atoms with Gasteiger partial charge < -0.3 is 9.67 Å². The van der Waals surface area contributed by atoms with Crippen molar-refractivity contribution in [1.29, 1.82) is 0 Å². The van der Waals surface area contributed by atoms with Crippen LogP contribution in [-0.4, -0.2) is 47.1 Å². The van der Waals surface area contributed by atoms with E-state index in [1.165, 1.54) is 10.5 Å². The Morgan fingerprint density at radius 1 is 1.45 bits per heavy atom. The lowest BCUT2D eigenvalue weighted by Gasteiger charge is -2.14. The largest absolute Gasteiger partial charge is 0.396 e. The van der Waals surface area contributed by atoms with E-state index in [1.807, 2.05) is 16.8 Å². The van der Waals surface area contributed by atoms with Crippen molar-refractivity contribution in [3.8, 4) is 0 Å². The summed E-state index contributed by atoms with van der Waals surface area (Å²) in [6.07, 6.45) is 1.54. The minimum atomic E-state index is -3.61. The third kappa shape index (κ3) is 2.60. The minimum Gasteiger partial charge on any atom is -0.396 e. The Bertz CT molecular complexity index is 733. The molecule has 0 amide bonds. The molecule has 0 spiro atoms. The normalized spacial score (nSPS) is 23.2. The lowest BCUT2D eigenvalue weighted by atomic mass is 9.92. The first-order valence-corrected chi connectivity index (χ1v) is 9.45. The smallest absolute Gasteiger partial charge is 0.262 e. The van der Waals surface area contributed by atoms with E-state index >= 15 is 0 Å². The molecule has 2 unspecified atom stereocenters. The Labute approximate surface area is 134 Å². The number of aryl methyl sites for hydroxylation is 2. The molecule has 22 heavy (non-hydrogen) atoms.